The Morgan fingerprint density at radius 1 is 1.31 bits per heavy atom. The van der Waals surface area contributed by atoms with Crippen LogP contribution in [0.3, 0.4) is 0 Å². The van der Waals surface area contributed by atoms with Crippen molar-refractivity contribution in [3.8, 4) is 0 Å². The molecule has 0 saturated heterocycles. The zero-order chi connectivity index (χ0) is 22.2. The van der Waals surface area contributed by atoms with E-state index in [4.69, 9.17) is 9.29 Å². The summed E-state index contributed by atoms with van der Waals surface area (Å²) in [5, 5.41) is 36.6. The minimum absolute atomic E-state index is 0.0216. The van der Waals surface area contributed by atoms with Gasteiger partial charge in [0.05, 0.1) is 16.1 Å². The SMILES string of the molecule is [CH2]CNc1ccc([N+](=O)[O-])c(CC(OS(C)(=O)=O)C(=O)NCCCO)c1[N+](=O)[O-]. The summed E-state index contributed by atoms with van der Waals surface area (Å²) in [7, 11) is -4.18. The molecule has 1 radical (unpaired) electrons. The van der Waals surface area contributed by atoms with Crippen LogP contribution in [0.2, 0.25) is 0 Å². The Bertz CT molecular complexity index is 873. The van der Waals surface area contributed by atoms with Crippen LogP contribution in [-0.2, 0) is 25.5 Å². The van der Waals surface area contributed by atoms with Gasteiger partial charge in [-0.2, -0.15) is 8.42 Å². The average molecular weight is 433 g/mol. The van der Waals surface area contributed by atoms with Crippen LogP contribution in [0.25, 0.3) is 0 Å². The summed E-state index contributed by atoms with van der Waals surface area (Å²) in [6.07, 6.45) is -1.71. The molecule has 1 amide bonds. The van der Waals surface area contributed by atoms with Gasteiger partial charge in [0.25, 0.3) is 21.7 Å². The molecule has 0 aliphatic rings. The number of hydrogen-bond acceptors (Lipinski definition) is 10. The number of benzene rings is 1. The van der Waals surface area contributed by atoms with E-state index in [0.29, 0.717) is 6.26 Å². The van der Waals surface area contributed by atoms with E-state index < -0.39 is 55.3 Å². The molecule has 13 nitrogen and oxygen atoms in total. The van der Waals surface area contributed by atoms with Crippen molar-refractivity contribution in [3.63, 3.8) is 0 Å². The molecule has 0 aromatic heterocycles. The van der Waals surface area contributed by atoms with Crippen LogP contribution in [-0.4, -0.2) is 61.3 Å². The molecular formula is C15H21N4O9S. The molecule has 3 N–H and O–H groups in total. The molecule has 0 saturated carbocycles. The maximum atomic E-state index is 12.3. The number of anilines is 1. The number of hydrogen-bond donors (Lipinski definition) is 3. The molecule has 1 aromatic rings. The van der Waals surface area contributed by atoms with Gasteiger partial charge in [-0.3, -0.25) is 29.2 Å². The third kappa shape index (κ3) is 7.24. The zero-order valence-corrected chi connectivity index (χ0v) is 16.3. The van der Waals surface area contributed by atoms with E-state index >= 15 is 0 Å². The van der Waals surface area contributed by atoms with Crippen molar-refractivity contribution in [2.75, 3.05) is 31.3 Å². The van der Waals surface area contributed by atoms with Crippen LogP contribution in [0.1, 0.15) is 12.0 Å². The number of carbonyl (C=O) groups is 1. The van der Waals surface area contributed by atoms with Crippen molar-refractivity contribution in [1.29, 1.82) is 0 Å². The normalized spacial score (nSPS) is 12.2. The molecule has 1 unspecified atom stereocenters. The monoisotopic (exact) mass is 433 g/mol. The number of aliphatic hydroxyl groups excluding tert-OH is 1. The van der Waals surface area contributed by atoms with Crippen LogP contribution < -0.4 is 10.6 Å². The molecule has 161 valence electrons. The van der Waals surface area contributed by atoms with E-state index in [9.17, 15) is 33.4 Å². The number of nitrogens with one attached hydrogen (secondary N) is 2. The lowest BCUT2D eigenvalue weighted by atomic mass is 10.0. The van der Waals surface area contributed by atoms with Gasteiger partial charge >= 0.3 is 5.69 Å². The van der Waals surface area contributed by atoms with Gasteiger partial charge in [-0.15, -0.1) is 0 Å². The number of nitro groups is 2. The lowest BCUT2D eigenvalue weighted by Crippen LogP contribution is -2.40. The van der Waals surface area contributed by atoms with Gasteiger partial charge in [0.1, 0.15) is 11.3 Å². The Labute approximate surface area is 166 Å². The first-order valence-corrected chi connectivity index (χ1v) is 10.1. The Morgan fingerprint density at radius 2 is 1.97 bits per heavy atom. The van der Waals surface area contributed by atoms with Crippen molar-refractivity contribution in [2.24, 2.45) is 0 Å². The predicted octanol–water partition coefficient (Wildman–Crippen LogP) is 0.135. The third-order valence-corrected chi connectivity index (χ3v) is 4.14. The Kier molecular flexibility index (Phi) is 8.87. The van der Waals surface area contributed by atoms with Gasteiger partial charge in [-0.05, 0) is 19.4 Å². The zero-order valence-electron chi connectivity index (χ0n) is 15.5. The molecule has 0 heterocycles. The standard InChI is InChI=1S/C15H21N4O9S/c1-3-16-11-5-6-12(18(22)23)10(14(11)19(24)25)9-13(28-29(2,26)27)15(21)17-7-4-8-20/h5-6,13,16,20H,1,3-4,7-9H2,2H3,(H,17,21). The summed E-state index contributed by atoms with van der Waals surface area (Å²) < 4.78 is 27.8. The molecule has 1 rings (SSSR count). The topological polar surface area (TPSA) is 191 Å². The molecule has 0 aliphatic carbocycles. The highest BCUT2D eigenvalue weighted by Gasteiger charge is 2.34. The predicted molar refractivity (Wildman–Crippen MR) is 102 cm³/mol. The van der Waals surface area contributed by atoms with Crippen molar-refractivity contribution >= 4 is 33.1 Å². The van der Waals surface area contributed by atoms with Crippen LogP contribution >= 0.6 is 0 Å². The van der Waals surface area contributed by atoms with Gasteiger partial charge in [-0.1, -0.05) is 0 Å². The van der Waals surface area contributed by atoms with Gasteiger partial charge in [0.15, 0.2) is 6.10 Å². The highest BCUT2D eigenvalue weighted by atomic mass is 32.2. The lowest BCUT2D eigenvalue weighted by molar-refractivity contribution is -0.395. The second kappa shape index (κ2) is 10.6. The quantitative estimate of drug-likeness (QED) is 0.177. The van der Waals surface area contributed by atoms with Gasteiger partial charge < -0.3 is 15.7 Å². The summed E-state index contributed by atoms with van der Waals surface area (Å²) in [6, 6.07) is 2.13. The third-order valence-electron chi connectivity index (χ3n) is 3.56. The number of carbonyl (C=O) groups excluding carboxylic acids is 1. The highest BCUT2D eigenvalue weighted by molar-refractivity contribution is 7.86. The Balaban J connectivity index is 3.48. The fraction of sp³-hybridized carbons (Fsp3) is 0.467. The largest absolute Gasteiger partial charge is 0.396 e. The van der Waals surface area contributed by atoms with Crippen molar-refractivity contribution < 1.29 is 32.3 Å². The summed E-state index contributed by atoms with van der Waals surface area (Å²) in [4.78, 5) is 33.5. The number of rotatable bonds is 12. The molecule has 1 aromatic carbocycles. The second-order valence-corrected chi connectivity index (χ2v) is 7.36. The number of amides is 1. The molecule has 29 heavy (non-hydrogen) atoms. The van der Waals surface area contributed by atoms with Crippen LogP contribution in [0.15, 0.2) is 12.1 Å². The molecule has 1 atom stereocenters. The summed E-state index contributed by atoms with van der Waals surface area (Å²) in [5.41, 5.74) is -1.92. The number of aliphatic hydroxyl groups is 1. The van der Waals surface area contributed by atoms with Crippen molar-refractivity contribution in [1.82, 2.24) is 5.32 Å². The number of nitro benzene ring substituents is 2. The Hall–Kier alpha value is -2.84. The second-order valence-electron chi connectivity index (χ2n) is 5.76. The molecular weight excluding hydrogens is 412 g/mol. The molecule has 0 spiro atoms. The summed E-state index contributed by atoms with van der Waals surface area (Å²) in [5.74, 6) is -0.956. The summed E-state index contributed by atoms with van der Waals surface area (Å²) >= 11 is 0. The van der Waals surface area contributed by atoms with E-state index in [1.54, 1.807) is 0 Å². The van der Waals surface area contributed by atoms with E-state index in [1.165, 1.54) is 0 Å². The molecule has 14 heteroatoms. The van der Waals surface area contributed by atoms with Gasteiger partial charge in [-0.25, -0.2) is 0 Å². The first-order valence-electron chi connectivity index (χ1n) is 8.26. The van der Waals surface area contributed by atoms with E-state index in [2.05, 4.69) is 17.6 Å². The van der Waals surface area contributed by atoms with Gasteiger partial charge in [0.2, 0.25) is 0 Å². The smallest absolute Gasteiger partial charge is 0.302 e. The first kappa shape index (κ1) is 24.2. The Morgan fingerprint density at radius 3 is 2.45 bits per heavy atom. The van der Waals surface area contributed by atoms with E-state index in [1.807, 2.05) is 0 Å². The molecule has 0 aliphatic heterocycles. The maximum absolute atomic E-state index is 12.3. The number of nitrogens with zero attached hydrogens (tertiary/aromatic N) is 2. The minimum Gasteiger partial charge on any atom is -0.396 e. The maximum Gasteiger partial charge on any atom is 0.302 e. The minimum atomic E-state index is -4.18. The lowest BCUT2D eigenvalue weighted by Gasteiger charge is -2.17. The average Bonchev–Trinajstić information content (AvgIpc) is 2.60. The summed E-state index contributed by atoms with van der Waals surface area (Å²) in [6.45, 7) is 3.26. The van der Waals surface area contributed by atoms with E-state index in [-0.39, 0.29) is 31.8 Å². The molecule has 0 fully saturated rings. The van der Waals surface area contributed by atoms with Gasteiger partial charge in [0, 0.05) is 32.2 Å². The highest BCUT2D eigenvalue weighted by Crippen LogP contribution is 2.36. The van der Waals surface area contributed by atoms with Crippen molar-refractivity contribution in [2.45, 2.75) is 18.9 Å². The van der Waals surface area contributed by atoms with Crippen LogP contribution in [0.5, 0.6) is 0 Å². The fourth-order valence-electron chi connectivity index (χ4n) is 2.46. The first-order chi connectivity index (χ1) is 13.5. The fourth-order valence-corrected chi connectivity index (χ4v) is 3.03. The van der Waals surface area contributed by atoms with Crippen LogP contribution in [0.4, 0.5) is 17.1 Å². The van der Waals surface area contributed by atoms with E-state index in [0.717, 1.165) is 12.1 Å². The van der Waals surface area contributed by atoms with Crippen LogP contribution in [0, 0.1) is 27.2 Å². The molecule has 0 bridgehead atoms. The van der Waals surface area contributed by atoms with Crippen molar-refractivity contribution in [3.05, 3.63) is 44.8 Å².